The first-order chi connectivity index (χ1) is 14.3. The third kappa shape index (κ3) is 3.29. The molecule has 0 aromatic carbocycles. The maximum absolute atomic E-state index is 11.7. The number of aliphatic hydroxyl groups is 1. The van der Waals surface area contributed by atoms with Gasteiger partial charge in [-0.2, -0.15) is 0 Å². The van der Waals surface area contributed by atoms with E-state index in [0.29, 0.717) is 36.0 Å². The van der Waals surface area contributed by atoms with Gasteiger partial charge in [0.05, 0.1) is 13.2 Å². The minimum atomic E-state index is -0.416. The summed E-state index contributed by atoms with van der Waals surface area (Å²) in [7, 11) is 1.45. The first kappa shape index (κ1) is 22.0. The minimum Gasteiger partial charge on any atom is -0.469 e. The molecule has 1 N–H and O–H groups in total. The summed E-state index contributed by atoms with van der Waals surface area (Å²) in [4.78, 5) is 23.1. The molecule has 168 valence electrons. The van der Waals surface area contributed by atoms with Gasteiger partial charge in [-0.25, -0.2) is 0 Å². The SMILES string of the molecule is COC(=O)CC[C@@H](C)[C@H]1CC[C@H]2[C@@H]3CC[C@@H]4C[C@H](C=O)CC[C@]4(C)C3=CC(O)[C@]12C. The largest absolute Gasteiger partial charge is 0.469 e. The number of ether oxygens (including phenoxy) is 1. The Morgan fingerprint density at radius 2 is 2.03 bits per heavy atom. The van der Waals surface area contributed by atoms with Crippen LogP contribution in [0.1, 0.15) is 78.6 Å². The summed E-state index contributed by atoms with van der Waals surface area (Å²) in [5.74, 6) is 2.62. The number of allylic oxidation sites excluding steroid dienone is 1. The third-order valence-corrected chi connectivity index (χ3v) is 10.2. The fourth-order valence-electron chi connectivity index (χ4n) is 8.29. The van der Waals surface area contributed by atoms with Crippen LogP contribution >= 0.6 is 0 Å². The summed E-state index contributed by atoms with van der Waals surface area (Å²) in [6.07, 6.45) is 12.1. The van der Waals surface area contributed by atoms with E-state index in [-0.39, 0.29) is 22.7 Å². The van der Waals surface area contributed by atoms with Crippen molar-refractivity contribution in [3.63, 3.8) is 0 Å². The molecule has 0 bridgehead atoms. The molecule has 0 amide bonds. The van der Waals surface area contributed by atoms with Crippen LogP contribution in [-0.4, -0.2) is 30.6 Å². The summed E-state index contributed by atoms with van der Waals surface area (Å²) in [6, 6.07) is 0. The molecule has 0 radical (unpaired) electrons. The molecular weight excluding hydrogens is 376 g/mol. The number of fused-ring (bicyclic) bond motifs is 5. The molecule has 4 aliphatic carbocycles. The molecule has 0 spiro atoms. The van der Waals surface area contributed by atoms with Crippen LogP contribution in [0.2, 0.25) is 0 Å². The molecule has 0 aromatic heterocycles. The second kappa shape index (κ2) is 8.07. The third-order valence-electron chi connectivity index (χ3n) is 10.2. The van der Waals surface area contributed by atoms with E-state index in [1.165, 1.54) is 38.2 Å². The van der Waals surface area contributed by atoms with Gasteiger partial charge in [0, 0.05) is 17.8 Å². The van der Waals surface area contributed by atoms with Crippen molar-refractivity contribution in [3.05, 3.63) is 11.6 Å². The van der Waals surface area contributed by atoms with E-state index in [1.54, 1.807) is 0 Å². The molecule has 0 aromatic rings. The van der Waals surface area contributed by atoms with Crippen LogP contribution < -0.4 is 0 Å². The zero-order valence-electron chi connectivity index (χ0n) is 19.2. The number of hydrogen-bond acceptors (Lipinski definition) is 4. The van der Waals surface area contributed by atoms with E-state index in [1.807, 2.05) is 0 Å². The normalized spacial score (nSPS) is 46.1. The van der Waals surface area contributed by atoms with Crippen molar-refractivity contribution in [2.45, 2.75) is 84.7 Å². The lowest BCUT2D eigenvalue weighted by molar-refractivity contribution is -0.141. The van der Waals surface area contributed by atoms with Gasteiger partial charge < -0.3 is 14.6 Å². The highest BCUT2D eigenvalue weighted by atomic mass is 16.5. The number of methoxy groups -OCH3 is 1. The smallest absolute Gasteiger partial charge is 0.305 e. The van der Waals surface area contributed by atoms with Gasteiger partial charge in [0.15, 0.2) is 0 Å². The predicted octanol–water partition coefficient (Wildman–Crippen LogP) is 4.94. The Bertz CT molecular complexity index is 714. The van der Waals surface area contributed by atoms with Crippen LogP contribution in [0.15, 0.2) is 11.6 Å². The molecule has 4 aliphatic rings. The summed E-state index contributed by atoms with van der Waals surface area (Å²) < 4.78 is 4.84. The Morgan fingerprint density at radius 3 is 2.73 bits per heavy atom. The number of carbonyl (C=O) groups is 2. The zero-order valence-corrected chi connectivity index (χ0v) is 19.2. The average Bonchev–Trinajstić information content (AvgIpc) is 3.10. The fraction of sp³-hybridized carbons (Fsp3) is 0.846. The van der Waals surface area contributed by atoms with Gasteiger partial charge in [0.25, 0.3) is 0 Å². The van der Waals surface area contributed by atoms with E-state index >= 15 is 0 Å². The van der Waals surface area contributed by atoms with Crippen LogP contribution in [0.4, 0.5) is 0 Å². The molecule has 9 atom stereocenters. The van der Waals surface area contributed by atoms with Crippen LogP contribution in [-0.2, 0) is 14.3 Å². The monoisotopic (exact) mass is 416 g/mol. The summed E-state index contributed by atoms with van der Waals surface area (Å²) in [5.41, 5.74) is 1.56. The van der Waals surface area contributed by atoms with Gasteiger partial charge in [-0.15, -0.1) is 0 Å². The first-order valence-electron chi connectivity index (χ1n) is 12.2. The Morgan fingerprint density at radius 1 is 1.27 bits per heavy atom. The molecule has 0 heterocycles. The number of aliphatic hydroxyl groups excluding tert-OH is 1. The Hall–Kier alpha value is -1.16. The van der Waals surface area contributed by atoms with Crippen molar-refractivity contribution in [3.8, 4) is 0 Å². The Kier molecular flexibility index (Phi) is 5.93. The molecule has 3 saturated carbocycles. The fourth-order valence-corrected chi connectivity index (χ4v) is 8.29. The van der Waals surface area contributed by atoms with Crippen molar-refractivity contribution in [1.82, 2.24) is 0 Å². The van der Waals surface area contributed by atoms with Crippen molar-refractivity contribution in [2.75, 3.05) is 7.11 Å². The summed E-state index contributed by atoms with van der Waals surface area (Å²) in [5, 5.41) is 11.5. The molecule has 0 saturated heterocycles. The number of hydrogen-bond donors (Lipinski definition) is 1. The first-order valence-corrected chi connectivity index (χ1v) is 12.2. The highest BCUT2D eigenvalue weighted by Crippen LogP contribution is 2.66. The zero-order chi connectivity index (χ0) is 21.7. The average molecular weight is 417 g/mol. The van der Waals surface area contributed by atoms with E-state index < -0.39 is 6.10 Å². The molecule has 3 fully saturated rings. The second-order valence-electron chi connectivity index (χ2n) is 11.3. The van der Waals surface area contributed by atoms with Crippen LogP contribution in [0.25, 0.3) is 0 Å². The number of esters is 1. The number of rotatable bonds is 5. The van der Waals surface area contributed by atoms with Gasteiger partial charge >= 0.3 is 5.97 Å². The highest BCUT2D eigenvalue weighted by molar-refractivity contribution is 5.69. The molecular formula is C26H40O4. The molecule has 4 rings (SSSR count). The van der Waals surface area contributed by atoms with Crippen LogP contribution in [0.5, 0.6) is 0 Å². The molecule has 0 aliphatic heterocycles. The van der Waals surface area contributed by atoms with Crippen molar-refractivity contribution in [2.24, 2.45) is 46.3 Å². The molecule has 4 heteroatoms. The maximum atomic E-state index is 11.7. The summed E-state index contributed by atoms with van der Waals surface area (Å²) >= 11 is 0. The lowest BCUT2D eigenvalue weighted by atomic mass is 9.47. The predicted molar refractivity (Wildman–Crippen MR) is 117 cm³/mol. The van der Waals surface area contributed by atoms with Gasteiger partial charge in [-0.05, 0) is 86.4 Å². The van der Waals surface area contributed by atoms with Crippen LogP contribution in [0.3, 0.4) is 0 Å². The van der Waals surface area contributed by atoms with Crippen molar-refractivity contribution >= 4 is 12.3 Å². The topological polar surface area (TPSA) is 63.6 Å². The van der Waals surface area contributed by atoms with E-state index in [9.17, 15) is 14.7 Å². The Labute approximate surface area is 181 Å². The molecule has 4 nitrogen and oxygen atoms in total. The Balaban J connectivity index is 1.58. The standard InChI is InChI=1S/C26H40O4/c1-16(5-10-24(29)30-4)20-8-9-21-19-7-6-18-13-17(15-27)11-12-25(18,2)22(19)14-23(28)26(20,21)3/h14-21,23,28H,5-13H2,1-4H3/t16-,17-,18-,19+,20-,21+,23?,25+,26-/m1/s1. The second-order valence-corrected chi connectivity index (χ2v) is 11.3. The maximum Gasteiger partial charge on any atom is 0.305 e. The lowest BCUT2D eigenvalue weighted by Gasteiger charge is -2.58. The molecule has 1 unspecified atom stereocenters. The van der Waals surface area contributed by atoms with Crippen LogP contribution in [0, 0.1) is 46.3 Å². The van der Waals surface area contributed by atoms with Crippen molar-refractivity contribution < 1.29 is 19.4 Å². The number of aldehydes is 1. The van der Waals surface area contributed by atoms with Gasteiger partial charge in [-0.3, -0.25) is 4.79 Å². The van der Waals surface area contributed by atoms with E-state index in [2.05, 4.69) is 26.8 Å². The summed E-state index contributed by atoms with van der Waals surface area (Å²) in [6.45, 7) is 6.99. The van der Waals surface area contributed by atoms with Crippen molar-refractivity contribution in [1.29, 1.82) is 0 Å². The molecule has 30 heavy (non-hydrogen) atoms. The number of carbonyl (C=O) groups excluding carboxylic acids is 2. The van der Waals surface area contributed by atoms with Gasteiger partial charge in [0.1, 0.15) is 6.29 Å². The van der Waals surface area contributed by atoms with E-state index in [0.717, 1.165) is 32.1 Å². The quantitative estimate of drug-likeness (QED) is 0.392. The van der Waals surface area contributed by atoms with E-state index in [4.69, 9.17) is 4.74 Å². The van der Waals surface area contributed by atoms with Gasteiger partial charge in [-0.1, -0.05) is 32.4 Å². The lowest BCUT2D eigenvalue weighted by Crippen LogP contribution is -2.53. The van der Waals surface area contributed by atoms with Gasteiger partial charge in [0.2, 0.25) is 0 Å². The minimum absolute atomic E-state index is 0.104. The highest BCUT2D eigenvalue weighted by Gasteiger charge is 2.60.